The van der Waals surface area contributed by atoms with Crippen molar-refractivity contribution in [2.45, 2.75) is 33.1 Å². The molecular formula is C17H22. The van der Waals surface area contributed by atoms with Gasteiger partial charge in [-0.1, -0.05) is 69.0 Å². The molecule has 0 atom stereocenters. The van der Waals surface area contributed by atoms with E-state index >= 15 is 0 Å². The molecule has 0 nitrogen and oxygen atoms in total. The third-order valence-electron chi connectivity index (χ3n) is 2.86. The van der Waals surface area contributed by atoms with Gasteiger partial charge in [0.15, 0.2) is 0 Å². The summed E-state index contributed by atoms with van der Waals surface area (Å²) in [6.07, 6.45) is 11.5. The fourth-order valence-electron chi connectivity index (χ4n) is 1.70. The molecule has 90 valence electrons. The maximum absolute atomic E-state index is 3.72. The molecule has 0 heterocycles. The quantitative estimate of drug-likeness (QED) is 0.607. The van der Waals surface area contributed by atoms with Gasteiger partial charge in [0.05, 0.1) is 0 Å². The summed E-state index contributed by atoms with van der Waals surface area (Å²) in [5.74, 6) is 0. The third-order valence-corrected chi connectivity index (χ3v) is 2.86. The van der Waals surface area contributed by atoms with Gasteiger partial charge in [-0.3, -0.25) is 0 Å². The van der Waals surface area contributed by atoms with E-state index in [-0.39, 0.29) is 0 Å². The van der Waals surface area contributed by atoms with Gasteiger partial charge in [0.2, 0.25) is 0 Å². The van der Waals surface area contributed by atoms with Gasteiger partial charge < -0.3 is 0 Å². The second kappa shape index (κ2) is 7.67. The highest BCUT2D eigenvalue weighted by Gasteiger charge is 1.91. The fourth-order valence-corrected chi connectivity index (χ4v) is 1.70. The zero-order valence-electron chi connectivity index (χ0n) is 10.9. The first kappa shape index (κ1) is 13.5. The van der Waals surface area contributed by atoms with E-state index in [4.69, 9.17) is 0 Å². The Kier molecular flexibility index (Phi) is 6.09. The van der Waals surface area contributed by atoms with Crippen LogP contribution in [0.1, 0.15) is 31.4 Å². The lowest BCUT2D eigenvalue weighted by Gasteiger charge is -2.00. The predicted octanol–water partition coefficient (Wildman–Crippen LogP) is 4.87. The Morgan fingerprint density at radius 3 is 2.29 bits per heavy atom. The Bertz CT molecular complexity index is 391. The van der Waals surface area contributed by atoms with Crippen LogP contribution in [0.2, 0.25) is 0 Å². The Balaban J connectivity index is 2.57. The molecule has 1 aromatic rings. The van der Waals surface area contributed by atoms with Crippen molar-refractivity contribution >= 4 is 0 Å². The van der Waals surface area contributed by atoms with Gasteiger partial charge in [-0.25, -0.2) is 0 Å². The summed E-state index contributed by atoms with van der Waals surface area (Å²) in [7, 11) is 0. The summed E-state index contributed by atoms with van der Waals surface area (Å²) in [6.45, 7) is 8.07. The van der Waals surface area contributed by atoms with Crippen molar-refractivity contribution in [3.8, 4) is 0 Å². The van der Waals surface area contributed by atoms with Gasteiger partial charge in [0, 0.05) is 0 Å². The van der Waals surface area contributed by atoms with Crippen molar-refractivity contribution in [1.29, 1.82) is 0 Å². The molecule has 17 heavy (non-hydrogen) atoms. The monoisotopic (exact) mass is 226 g/mol. The smallest absolute Gasteiger partial charge is 0.00942 e. The van der Waals surface area contributed by atoms with Crippen LogP contribution < -0.4 is 0 Å². The minimum atomic E-state index is 0.998. The van der Waals surface area contributed by atoms with Crippen LogP contribution in [0.25, 0.3) is 0 Å². The van der Waals surface area contributed by atoms with Crippen LogP contribution in [-0.2, 0) is 12.8 Å². The summed E-state index contributed by atoms with van der Waals surface area (Å²) in [5.41, 5.74) is 4.09. The van der Waals surface area contributed by atoms with Crippen LogP contribution >= 0.6 is 0 Å². The van der Waals surface area contributed by atoms with Gasteiger partial charge in [0.1, 0.15) is 0 Å². The molecule has 0 unspecified atom stereocenters. The van der Waals surface area contributed by atoms with Crippen molar-refractivity contribution in [2.75, 3.05) is 0 Å². The van der Waals surface area contributed by atoms with E-state index in [1.807, 2.05) is 6.08 Å². The van der Waals surface area contributed by atoms with E-state index in [9.17, 15) is 0 Å². The minimum absolute atomic E-state index is 0.998. The van der Waals surface area contributed by atoms with E-state index in [1.165, 1.54) is 16.7 Å². The topological polar surface area (TPSA) is 0 Å². The van der Waals surface area contributed by atoms with Crippen molar-refractivity contribution in [1.82, 2.24) is 0 Å². The summed E-state index contributed by atoms with van der Waals surface area (Å²) < 4.78 is 0. The van der Waals surface area contributed by atoms with Gasteiger partial charge in [-0.05, 0) is 36.0 Å². The first-order valence-electron chi connectivity index (χ1n) is 6.36. The van der Waals surface area contributed by atoms with Crippen LogP contribution in [0.15, 0.2) is 60.7 Å². The van der Waals surface area contributed by atoms with E-state index in [0.717, 1.165) is 19.3 Å². The van der Waals surface area contributed by atoms with Crippen LogP contribution in [-0.4, -0.2) is 0 Å². The van der Waals surface area contributed by atoms with Gasteiger partial charge in [-0.2, -0.15) is 0 Å². The largest absolute Gasteiger partial charge is 0.0991 e. The van der Waals surface area contributed by atoms with Gasteiger partial charge in [-0.15, -0.1) is 0 Å². The Hall–Kier alpha value is -1.56. The number of rotatable bonds is 6. The van der Waals surface area contributed by atoms with Crippen molar-refractivity contribution < 1.29 is 0 Å². The maximum Gasteiger partial charge on any atom is -0.00942 e. The molecule has 0 bridgehead atoms. The van der Waals surface area contributed by atoms with Crippen LogP contribution in [0, 0.1) is 0 Å². The van der Waals surface area contributed by atoms with Crippen molar-refractivity contribution in [3.05, 3.63) is 71.8 Å². The zero-order chi connectivity index (χ0) is 12.5. The minimum Gasteiger partial charge on any atom is -0.0991 e. The Morgan fingerprint density at radius 2 is 1.76 bits per heavy atom. The second-order valence-corrected chi connectivity index (χ2v) is 4.11. The third kappa shape index (κ3) is 4.86. The molecule has 0 heteroatoms. The SMILES string of the molecule is C=C/C=C(\C=C/Cc1ccc(CC)cc1)CC. The molecule has 0 saturated heterocycles. The lowest BCUT2D eigenvalue weighted by molar-refractivity contribution is 1.12. The molecule has 0 fully saturated rings. The zero-order valence-corrected chi connectivity index (χ0v) is 10.9. The molecule has 0 N–H and O–H groups in total. The van der Waals surface area contributed by atoms with Crippen LogP contribution in [0.4, 0.5) is 0 Å². The second-order valence-electron chi connectivity index (χ2n) is 4.11. The molecular weight excluding hydrogens is 204 g/mol. The molecule has 0 aliphatic heterocycles. The van der Waals surface area contributed by atoms with Gasteiger partial charge >= 0.3 is 0 Å². The summed E-state index contributed by atoms with van der Waals surface area (Å²) in [5, 5.41) is 0. The van der Waals surface area contributed by atoms with E-state index < -0.39 is 0 Å². The lowest BCUT2D eigenvalue weighted by Crippen LogP contribution is -1.84. The normalized spacial score (nSPS) is 12.0. The maximum atomic E-state index is 3.72. The van der Waals surface area contributed by atoms with Crippen molar-refractivity contribution in [3.63, 3.8) is 0 Å². The summed E-state index contributed by atoms with van der Waals surface area (Å²) in [6, 6.07) is 8.85. The average Bonchev–Trinajstić information content (AvgIpc) is 2.38. The molecule has 0 radical (unpaired) electrons. The number of allylic oxidation sites excluding steroid dienone is 5. The Morgan fingerprint density at radius 1 is 1.12 bits per heavy atom. The van der Waals surface area contributed by atoms with E-state index in [2.05, 4.69) is 62.9 Å². The first-order valence-corrected chi connectivity index (χ1v) is 6.36. The number of aryl methyl sites for hydroxylation is 1. The molecule has 0 amide bonds. The highest BCUT2D eigenvalue weighted by Crippen LogP contribution is 2.08. The highest BCUT2D eigenvalue weighted by molar-refractivity contribution is 5.27. The van der Waals surface area contributed by atoms with Crippen LogP contribution in [0.3, 0.4) is 0 Å². The van der Waals surface area contributed by atoms with Crippen LogP contribution in [0.5, 0.6) is 0 Å². The first-order chi connectivity index (χ1) is 8.30. The number of hydrogen-bond donors (Lipinski definition) is 0. The fraction of sp³-hybridized carbons (Fsp3) is 0.294. The summed E-state index contributed by atoms with van der Waals surface area (Å²) in [4.78, 5) is 0. The standard InChI is InChI=1S/C17H22/c1-4-8-15(5-2)9-7-10-17-13-11-16(6-3)12-14-17/h4,7-9,11-14H,1,5-6,10H2,2-3H3/b9-7-,15-8-. The molecule has 0 spiro atoms. The van der Waals surface area contributed by atoms with E-state index in [1.54, 1.807) is 0 Å². The highest BCUT2D eigenvalue weighted by atomic mass is 14.0. The van der Waals surface area contributed by atoms with Crippen molar-refractivity contribution in [2.24, 2.45) is 0 Å². The molecule has 0 aliphatic rings. The predicted molar refractivity (Wildman–Crippen MR) is 77.2 cm³/mol. The van der Waals surface area contributed by atoms with E-state index in [0.29, 0.717) is 0 Å². The summed E-state index contributed by atoms with van der Waals surface area (Å²) >= 11 is 0. The molecule has 0 aliphatic carbocycles. The molecule has 1 rings (SSSR count). The number of benzene rings is 1. The number of hydrogen-bond acceptors (Lipinski definition) is 0. The molecule has 0 aromatic heterocycles. The van der Waals surface area contributed by atoms with Gasteiger partial charge in [0.25, 0.3) is 0 Å². The Labute approximate surface area is 105 Å². The average molecular weight is 226 g/mol. The lowest BCUT2D eigenvalue weighted by atomic mass is 10.1. The molecule has 1 aromatic carbocycles. The molecule has 0 saturated carbocycles.